The smallest absolute Gasteiger partial charge is 0.334 e. The summed E-state index contributed by atoms with van der Waals surface area (Å²) in [7, 11) is 1.53. The molecule has 4 amide bonds. The Morgan fingerprint density at radius 3 is 2.56 bits per heavy atom. The zero-order valence-electron chi connectivity index (χ0n) is 14.0. The number of carbonyl (C=O) groups excluding carboxylic acids is 3. The first-order valence-corrected chi connectivity index (χ1v) is 8.13. The summed E-state index contributed by atoms with van der Waals surface area (Å²) in [5, 5.41) is 0. The van der Waals surface area contributed by atoms with E-state index in [2.05, 4.69) is 0 Å². The van der Waals surface area contributed by atoms with Crippen LogP contribution < -0.4 is 4.74 Å². The second kappa shape index (κ2) is 7.62. The molecule has 8 heteroatoms. The fourth-order valence-corrected chi connectivity index (χ4v) is 2.78. The standard InChI is InChI=1S/C17H20N2O6/c1-23-13-5-2-4-12(10-13)11-19-16(21)15(20)18(17(19)22)7-6-14-24-8-3-9-25-14/h2,4-5,10,14H,3,6-9,11H2,1H3. The molecule has 0 aromatic heterocycles. The average Bonchev–Trinajstić information content (AvgIpc) is 2.84. The van der Waals surface area contributed by atoms with Crippen molar-refractivity contribution in [2.24, 2.45) is 0 Å². The summed E-state index contributed by atoms with van der Waals surface area (Å²) < 4.78 is 15.9. The van der Waals surface area contributed by atoms with Crippen molar-refractivity contribution in [1.29, 1.82) is 0 Å². The number of benzene rings is 1. The normalized spacial score (nSPS) is 19.0. The number of methoxy groups -OCH3 is 1. The van der Waals surface area contributed by atoms with E-state index in [1.54, 1.807) is 24.3 Å². The van der Waals surface area contributed by atoms with Crippen LogP contribution in [0.15, 0.2) is 24.3 Å². The molecule has 0 saturated carbocycles. The second-order valence-corrected chi connectivity index (χ2v) is 5.80. The van der Waals surface area contributed by atoms with Crippen LogP contribution in [0.4, 0.5) is 4.79 Å². The summed E-state index contributed by atoms with van der Waals surface area (Å²) in [4.78, 5) is 38.6. The lowest BCUT2D eigenvalue weighted by molar-refractivity contribution is -0.182. The molecule has 8 nitrogen and oxygen atoms in total. The number of amides is 4. The number of hydrogen-bond donors (Lipinski definition) is 0. The van der Waals surface area contributed by atoms with Gasteiger partial charge in [0, 0.05) is 13.0 Å². The first-order valence-electron chi connectivity index (χ1n) is 8.13. The monoisotopic (exact) mass is 348 g/mol. The molecule has 0 spiro atoms. The van der Waals surface area contributed by atoms with E-state index in [0.29, 0.717) is 30.9 Å². The summed E-state index contributed by atoms with van der Waals surface area (Å²) in [6.45, 7) is 1.29. The first kappa shape index (κ1) is 17.4. The predicted octanol–water partition coefficient (Wildman–Crippen LogP) is 1.14. The van der Waals surface area contributed by atoms with E-state index < -0.39 is 24.1 Å². The lowest BCUT2D eigenvalue weighted by Crippen LogP contribution is -2.36. The van der Waals surface area contributed by atoms with E-state index in [9.17, 15) is 14.4 Å². The van der Waals surface area contributed by atoms with Crippen molar-refractivity contribution in [3.63, 3.8) is 0 Å². The topological polar surface area (TPSA) is 85.4 Å². The molecule has 134 valence electrons. The molecule has 0 radical (unpaired) electrons. The van der Waals surface area contributed by atoms with Crippen molar-refractivity contribution in [3.8, 4) is 5.75 Å². The number of imide groups is 2. The van der Waals surface area contributed by atoms with Crippen LogP contribution in [-0.4, -0.2) is 60.8 Å². The fraction of sp³-hybridized carbons (Fsp3) is 0.471. The Labute approximate surface area is 145 Å². The molecule has 2 aliphatic heterocycles. The van der Waals surface area contributed by atoms with Gasteiger partial charge in [-0.3, -0.25) is 19.4 Å². The molecular weight excluding hydrogens is 328 g/mol. The SMILES string of the molecule is COc1cccc(CN2C(=O)C(=O)N(CCC3OCCCO3)C2=O)c1. The number of rotatable bonds is 6. The molecule has 1 aromatic carbocycles. The maximum Gasteiger partial charge on any atom is 0.334 e. The van der Waals surface area contributed by atoms with Gasteiger partial charge in [0.1, 0.15) is 5.75 Å². The van der Waals surface area contributed by atoms with E-state index in [1.165, 1.54) is 7.11 Å². The van der Waals surface area contributed by atoms with Crippen LogP contribution in [0.2, 0.25) is 0 Å². The first-order chi connectivity index (χ1) is 12.1. The van der Waals surface area contributed by atoms with Crippen LogP contribution in [0.1, 0.15) is 18.4 Å². The van der Waals surface area contributed by atoms with Crippen molar-refractivity contribution in [1.82, 2.24) is 9.80 Å². The van der Waals surface area contributed by atoms with Gasteiger partial charge in [0.15, 0.2) is 6.29 Å². The van der Waals surface area contributed by atoms with Crippen molar-refractivity contribution >= 4 is 17.8 Å². The molecule has 3 rings (SSSR count). The van der Waals surface area contributed by atoms with Crippen LogP contribution in [0, 0.1) is 0 Å². The Morgan fingerprint density at radius 2 is 1.84 bits per heavy atom. The lowest BCUT2D eigenvalue weighted by Gasteiger charge is -2.24. The molecule has 0 N–H and O–H groups in total. The summed E-state index contributed by atoms with van der Waals surface area (Å²) in [5.41, 5.74) is 0.703. The van der Waals surface area contributed by atoms with E-state index in [-0.39, 0.29) is 13.1 Å². The molecule has 0 atom stereocenters. The van der Waals surface area contributed by atoms with Gasteiger partial charge in [0.25, 0.3) is 0 Å². The quantitative estimate of drug-likeness (QED) is 0.566. The van der Waals surface area contributed by atoms with E-state index in [4.69, 9.17) is 14.2 Å². The van der Waals surface area contributed by atoms with Gasteiger partial charge in [-0.15, -0.1) is 0 Å². The highest BCUT2D eigenvalue weighted by Gasteiger charge is 2.44. The third-order valence-electron chi connectivity index (χ3n) is 4.09. The second-order valence-electron chi connectivity index (χ2n) is 5.80. The number of nitrogens with zero attached hydrogens (tertiary/aromatic N) is 2. The van der Waals surface area contributed by atoms with Gasteiger partial charge in [-0.25, -0.2) is 4.79 Å². The fourth-order valence-electron chi connectivity index (χ4n) is 2.78. The third-order valence-corrected chi connectivity index (χ3v) is 4.09. The van der Waals surface area contributed by atoms with Crippen LogP contribution >= 0.6 is 0 Å². The van der Waals surface area contributed by atoms with Crippen LogP contribution in [0.25, 0.3) is 0 Å². The summed E-state index contributed by atoms with van der Waals surface area (Å²) in [6, 6.07) is 6.39. The van der Waals surface area contributed by atoms with Gasteiger partial charge in [-0.2, -0.15) is 0 Å². The van der Waals surface area contributed by atoms with E-state index in [1.807, 2.05) is 0 Å². The molecule has 2 fully saturated rings. The van der Waals surface area contributed by atoms with Crippen LogP contribution in [0.5, 0.6) is 5.75 Å². The maximum atomic E-state index is 12.5. The predicted molar refractivity (Wildman–Crippen MR) is 85.6 cm³/mol. The Hall–Kier alpha value is -2.45. The Kier molecular flexibility index (Phi) is 5.30. The van der Waals surface area contributed by atoms with E-state index >= 15 is 0 Å². The largest absolute Gasteiger partial charge is 0.497 e. The summed E-state index contributed by atoms with van der Waals surface area (Å²) in [6.07, 6.45) is 0.722. The number of hydrogen-bond acceptors (Lipinski definition) is 6. The third kappa shape index (κ3) is 3.80. The molecule has 2 heterocycles. The Bertz CT molecular complexity index is 671. The Balaban J connectivity index is 1.64. The van der Waals surface area contributed by atoms with Gasteiger partial charge in [0.2, 0.25) is 0 Å². The average molecular weight is 348 g/mol. The van der Waals surface area contributed by atoms with Crippen molar-refractivity contribution in [3.05, 3.63) is 29.8 Å². The molecule has 0 aliphatic carbocycles. The highest BCUT2D eigenvalue weighted by molar-refractivity contribution is 6.44. The zero-order chi connectivity index (χ0) is 17.8. The van der Waals surface area contributed by atoms with Gasteiger partial charge < -0.3 is 14.2 Å². The highest BCUT2D eigenvalue weighted by Crippen LogP contribution is 2.20. The minimum Gasteiger partial charge on any atom is -0.497 e. The minimum absolute atomic E-state index is 0.0214. The Morgan fingerprint density at radius 1 is 1.12 bits per heavy atom. The summed E-state index contributed by atoms with van der Waals surface area (Å²) >= 11 is 0. The van der Waals surface area contributed by atoms with Gasteiger partial charge in [-0.05, 0) is 24.1 Å². The number of urea groups is 1. The zero-order valence-corrected chi connectivity index (χ0v) is 14.0. The molecule has 0 unspecified atom stereocenters. The summed E-state index contributed by atoms with van der Waals surface area (Å²) in [5.74, 6) is -1.02. The van der Waals surface area contributed by atoms with Crippen molar-refractivity contribution in [2.75, 3.05) is 26.9 Å². The minimum atomic E-state index is -0.821. The molecule has 25 heavy (non-hydrogen) atoms. The molecule has 1 aromatic rings. The van der Waals surface area contributed by atoms with Gasteiger partial charge >= 0.3 is 17.8 Å². The van der Waals surface area contributed by atoms with Crippen LogP contribution in [-0.2, 0) is 25.6 Å². The van der Waals surface area contributed by atoms with Gasteiger partial charge in [-0.1, -0.05) is 12.1 Å². The molecule has 2 aliphatic rings. The van der Waals surface area contributed by atoms with Crippen molar-refractivity contribution in [2.45, 2.75) is 25.7 Å². The van der Waals surface area contributed by atoms with Crippen LogP contribution in [0.3, 0.4) is 0 Å². The van der Waals surface area contributed by atoms with Crippen molar-refractivity contribution < 1.29 is 28.6 Å². The molecule has 0 bridgehead atoms. The van der Waals surface area contributed by atoms with E-state index in [0.717, 1.165) is 16.2 Å². The van der Waals surface area contributed by atoms with Gasteiger partial charge in [0.05, 0.1) is 26.9 Å². The molecule has 2 saturated heterocycles. The number of carbonyl (C=O) groups is 3. The molecular formula is C17H20N2O6. The highest BCUT2D eigenvalue weighted by atomic mass is 16.7. The lowest BCUT2D eigenvalue weighted by atomic mass is 10.2. The maximum absolute atomic E-state index is 12.5. The number of ether oxygens (including phenoxy) is 3.